The van der Waals surface area contributed by atoms with E-state index in [-0.39, 0.29) is 39.5 Å². The highest BCUT2D eigenvalue weighted by Gasteiger charge is 2.36. The maximum atomic E-state index is 14.6. The monoisotopic (exact) mass is 699 g/mol. The van der Waals surface area contributed by atoms with Crippen LogP contribution in [0.25, 0.3) is 0 Å². The number of aryl methyl sites for hydroxylation is 1. The lowest BCUT2D eigenvalue weighted by Gasteiger charge is -2.35. The van der Waals surface area contributed by atoms with Crippen LogP contribution in [0, 0.1) is 6.92 Å². The third-order valence-corrected chi connectivity index (χ3v) is 9.68. The van der Waals surface area contributed by atoms with Crippen LogP contribution in [0.2, 0.25) is 15.1 Å². The summed E-state index contributed by atoms with van der Waals surface area (Å²) >= 11 is 19.0. The first-order chi connectivity index (χ1) is 21.6. The smallest absolute Gasteiger partial charge is 0.264 e. The number of benzene rings is 4. The molecule has 0 saturated carbocycles. The minimum atomic E-state index is -4.33. The molecule has 0 spiro atoms. The average molecular weight is 701 g/mol. The molecule has 0 aliphatic rings. The fourth-order valence-electron chi connectivity index (χ4n) is 4.82. The Bertz CT molecular complexity index is 1780. The second-order valence-electron chi connectivity index (χ2n) is 12.0. The Morgan fingerprint density at radius 1 is 0.804 bits per heavy atom. The van der Waals surface area contributed by atoms with E-state index in [1.165, 1.54) is 35.2 Å². The van der Waals surface area contributed by atoms with Gasteiger partial charge in [-0.15, -0.1) is 0 Å². The van der Waals surface area contributed by atoms with Crippen molar-refractivity contribution in [1.29, 1.82) is 0 Å². The molecule has 4 aromatic rings. The Kier molecular flexibility index (Phi) is 11.4. The third-order valence-electron chi connectivity index (χ3n) is 7.10. The van der Waals surface area contributed by atoms with Crippen molar-refractivity contribution in [3.63, 3.8) is 0 Å². The number of sulfonamides is 1. The summed E-state index contributed by atoms with van der Waals surface area (Å²) in [5.74, 6) is -1.00. The van der Waals surface area contributed by atoms with Gasteiger partial charge in [-0.05, 0) is 81.3 Å². The molecule has 1 unspecified atom stereocenters. The van der Waals surface area contributed by atoms with E-state index in [1.807, 2.05) is 58.0 Å². The molecule has 0 aromatic heterocycles. The molecule has 0 fully saturated rings. The van der Waals surface area contributed by atoms with Gasteiger partial charge in [0, 0.05) is 28.5 Å². The fourth-order valence-corrected chi connectivity index (χ4v) is 6.81. The van der Waals surface area contributed by atoms with E-state index in [0.717, 1.165) is 15.4 Å². The Balaban J connectivity index is 1.84. The van der Waals surface area contributed by atoms with E-state index in [0.29, 0.717) is 10.6 Å². The van der Waals surface area contributed by atoms with E-state index in [4.69, 9.17) is 34.8 Å². The van der Waals surface area contributed by atoms with Gasteiger partial charge in [0.15, 0.2) is 0 Å². The van der Waals surface area contributed by atoms with Gasteiger partial charge in [-0.25, -0.2) is 8.42 Å². The van der Waals surface area contributed by atoms with E-state index >= 15 is 0 Å². The van der Waals surface area contributed by atoms with Crippen LogP contribution in [-0.2, 0) is 32.6 Å². The van der Waals surface area contributed by atoms with Gasteiger partial charge < -0.3 is 10.2 Å². The molecule has 4 rings (SSSR count). The first-order valence-electron chi connectivity index (χ1n) is 14.6. The number of amides is 2. The summed E-state index contributed by atoms with van der Waals surface area (Å²) in [5.41, 5.74) is 1.83. The molecule has 0 radical (unpaired) electrons. The minimum Gasteiger partial charge on any atom is -0.350 e. The zero-order valence-corrected chi connectivity index (χ0v) is 29.1. The van der Waals surface area contributed by atoms with Gasteiger partial charge in [-0.3, -0.25) is 13.9 Å². The molecule has 0 aliphatic carbocycles. The van der Waals surface area contributed by atoms with Gasteiger partial charge >= 0.3 is 0 Å². The Labute approximate surface area is 286 Å². The number of carbonyl (C=O) groups is 2. The summed E-state index contributed by atoms with van der Waals surface area (Å²) in [6.45, 7) is 6.76. The molecule has 0 bridgehead atoms. The van der Waals surface area contributed by atoms with Gasteiger partial charge in [0.25, 0.3) is 10.0 Å². The zero-order valence-electron chi connectivity index (χ0n) is 26.0. The topological polar surface area (TPSA) is 86.8 Å². The molecule has 0 aliphatic heterocycles. The first-order valence-corrected chi connectivity index (χ1v) is 17.2. The molecule has 7 nitrogen and oxygen atoms in total. The number of nitrogens with zero attached hydrogens (tertiary/aromatic N) is 2. The van der Waals surface area contributed by atoms with Crippen molar-refractivity contribution < 1.29 is 18.0 Å². The molecule has 1 atom stereocenters. The highest BCUT2D eigenvalue weighted by molar-refractivity contribution is 7.92. The van der Waals surface area contributed by atoms with Crippen LogP contribution in [0.3, 0.4) is 0 Å². The molecule has 11 heteroatoms. The van der Waals surface area contributed by atoms with Crippen molar-refractivity contribution >= 4 is 62.3 Å². The van der Waals surface area contributed by atoms with E-state index in [2.05, 4.69) is 5.32 Å². The Morgan fingerprint density at radius 3 is 2.02 bits per heavy atom. The largest absolute Gasteiger partial charge is 0.350 e. The van der Waals surface area contributed by atoms with Crippen LogP contribution < -0.4 is 9.62 Å². The zero-order chi connectivity index (χ0) is 33.6. The van der Waals surface area contributed by atoms with Crippen LogP contribution in [-0.4, -0.2) is 43.3 Å². The molecule has 0 heterocycles. The van der Waals surface area contributed by atoms with Crippen LogP contribution >= 0.6 is 34.8 Å². The Morgan fingerprint density at radius 2 is 1.41 bits per heavy atom. The second-order valence-corrected chi connectivity index (χ2v) is 15.2. The fraction of sp³-hybridized carbons (Fsp3) is 0.257. The SMILES string of the molecule is Cc1ccc(S(=O)(=O)N(CC(=O)N(Cc2ccc(Cl)cc2)C(Cc2ccccc2)C(=O)NC(C)(C)C)c2cc(Cl)ccc2Cl)cc1. The number of anilines is 1. The van der Waals surface area contributed by atoms with Crippen molar-refractivity contribution in [3.8, 4) is 0 Å². The molecular weight excluding hydrogens is 665 g/mol. The maximum absolute atomic E-state index is 14.6. The highest BCUT2D eigenvalue weighted by atomic mass is 35.5. The van der Waals surface area contributed by atoms with Gasteiger partial charge in [-0.2, -0.15) is 0 Å². The van der Waals surface area contributed by atoms with Crippen LogP contribution in [0.1, 0.15) is 37.5 Å². The predicted octanol–water partition coefficient (Wildman–Crippen LogP) is 7.71. The molecule has 4 aromatic carbocycles. The summed E-state index contributed by atoms with van der Waals surface area (Å²) in [6.07, 6.45) is 0.185. The molecule has 0 saturated heterocycles. The lowest BCUT2D eigenvalue weighted by Crippen LogP contribution is -2.56. The van der Waals surface area contributed by atoms with E-state index < -0.39 is 34.1 Å². The summed E-state index contributed by atoms with van der Waals surface area (Å²) in [6, 6.07) is 26.0. The minimum absolute atomic E-state index is 0.00671. The van der Waals surface area contributed by atoms with Crippen molar-refractivity contribution in [2.24, 2.45) is 0 Å². The van der Waals surface area contributed by atoms with Crippen LogP contribution in [0.4, 0.5) is 5.69 Å². The highest BCUT2D eigenvalue weighted by Crippen LogP contribution is 2.33. The van der Waals surface area contributed by atoms with E-state index in [1.54, 1.807) is 36.4 Å². The summed E-state index contributed by atoms with van der Waals surface area (Å²) in [4.78, 5) is 29.9. The van der Waals surface area contributed by atoms with Crippen molar-refractivity contribution in [2.45, 2.75) is 57.1 Å². The van der Waals surface area contributed by atoms with E-state index in [9.17, 15) is 18.0 Å². The number of rotatable bonds is 11. The number of hydrogen-bond acceptors (Lipinski definition) is 4. The average Bonchev–Trinajstić information content (AvgIpc) is 2.99. The summed E-state index contributed by atoms with van der Waals surface area (Å²) < 4.78 is 29.4. The molecule has 1 N–H and O–H groups in total. The first kappa shape index (κ1) is 35.3. The summed E-state index contributed by atoms with van der Waals surface area (Å²) in [5, 5.41) is 3.84. The molecular formula is C35H36Cl3N3O4S. The van der Waals surface area contributed by atoms with Gasteiger partial charge in [0.2, 0.25) is 11.8 Å². The lowest BCUT2D eigenvalue weighted by atomic mass is 10.0. The van der Waals surface area contributed by atoms with Gasteiger partial charge in [-0.1, -0.05) is 95.0 Å². The third kappa shape index (κ3) is 9.26. The number of halogens is 3. The second kappa shape index (κ2) is 14.9. The standard InChI is InChI=1S/C35H36Cl3N3O4S/c1-24-10-17-29(18-11-24)46(44,45)41(31-21-28(37)16-19-30(31)38)23-33(42)40(22-26-12-14-27(36)15-13-26)32(34(43)39-35(2,3)4)20-25-8-6-5-7-9-25/h5-19,21,32H,20,22-23H2,1-4H3,(H,39,43). The number of nitrogens with one attached hydrogen (secondary N) is 1. The van der Waals surface area contributed by atoms with Gasteiger partial charge in [0.05, 0.1) is 15.6 Å². The summed E-state index contributed by atoms with van der Waals surface area (Å²) in [7, 11) is -4.33. The van der Waals surface area contributed by atoms with Crippen molar-refractivity contribution in [2.75, 3.05) is 10.8 Å². The molecule has 2 amide bonds. The van der Waals surface area contributed by atoms with Gasteiger partial charge in [0.1, 0.15) is 12.6 Å². The number of hydrogen-bond donors (Lipinski definition) is 1. The lowest BCUT2D eigenvalue weighted by molar-refractivity contribution is -0.140. The normalized spacial score (nSPS) is 12.3. The molecule has 46 heavy (non-hydrogen) atoms. The Hall–Kier alpha value is -3.56. The van der Waals surface area contributed by atoms with Crippen molar-refractivity contribution in [1.82, 2.24) is 10.2 Å². The number of carbonyl (C=O) groups excluding carboxylic acids is 2. The maximum Gasteiger partial charge on any atom is 0.264 e. The molecule has 242 valence electrons. The quantitative estimate of drug-likeness (QED) is 0.174. The van der Waals surface area contributed by atoms with Crippen molar-refractivity contribution in [3.05, 3.63) is 129 Å². The predicted molar refractivity (Wildman–Crippen MR) is 186 cm³/mol. The van der Waals surface area contributed by atoms with Crippen LogP contribution in [0.15, 0.2) is 102 Å². The van der Waals surface area contributed by atoms with Crippen LogP contribution in [0.5, 0.6) is 0 Å².